The number of aliphatic carboxylic acids is 2. The van der Waals surface area contributed by atoms with Crippen LogP contribution in [0.15, 0.2) is 78.9 Å². The van der Waals surface area contributed by atoms with Gasteiger partial charge in [-0.2, -0.15) is 21.0 Å². The molecular formula is C40H46N4O15S2. The van der Waals surface area contributed by atoms with Crippen molar-refractivity contribution < 1.29 is 70.8 Å². The summed E-state index contributed by atoms with van der Waals surface area (Å²) in [6, 6.07) is 14.9. The molecule has 3 rings (SSSR count). The molecule has 0 saturated heterocycles. The van der Waals surface area contributed by atoms with Crippen molar-refractivity contribution in [1.82, 2.24) is 16.0 Å². The van der Waals surface area contributed by atoms with E-state index >= 15 is 0 Å². The molecule has 0 spiro atoms. The Morgan fingerprint density at radius 1 is 0.639 bits per heavy atom. The van der Waals surface area contributed by atoms with E-state index in [4.69, 9.17) is 10.3 Å². The van der Waals surface area contributed by atoms with Gasteiger partial charge in [0, 0.05) is 37.4 Å². The normalized spacial score (nSPS) is 13.6. The van der Waals surface area contributed by atoms with Crippen LogP contribution in [-0.4, -0.2) is 99.3 Å². The van der Waals surface area contributed by atoms with Crippen LogP contribution in [0.2, 0.25) is 0 Å². The van der Waals surface area contributed by atoms with E-state index in [9.17, 15) is 62.1 Å². The van der Waals surface area contributed by atoms with E-state index < -0.39 is 120 Å². The molecule has 61 heavy (non-hydrogen) atoms. The lowest BCUT2D eigenvalue weighted by atomic mass is 9.89. The smallest absolute Gasteiger partial charge is 0.446 e. The van der Waals surface area contributed by atoms with Crippen LogP contribution in [0.25, 0.3) is 0 Å². The first-order chi connectivity index (χ1) is 28.7. The van der Waals surface area contributed by atoms with Crippen molar-refractivity contribution in [3.8, 4) is 11.5 Å². The van der Waals surface area contributed by atoms with Crippen molar-refractivity contribution in [1.29, 1.82) is 0 Å². The minimum atomic E-state index is -4.86. The maximum absolute atomic E-state index is 13.8. The summed E-state index contributed by atoms with van der Waals surface area (Å²) in [5.74, 6) is -10.6. The van der Waals surface area contributed by atoms with Crippen LogP contribution in [-0.2, 0) is 68.0 Å². The Morgan fingerprint density at radius 3 is 1.66 bits per heavy atom. The van der Waals surface area contributed by atoms with Gasteiger partial charge in [0.05, 0.1) is 24.4 Å². The van der Waals surface area contributed by atoms with Gasteiger partial charge < -0.3 is 41.2 Å². The molecule has 3 aromatic rings. The lowest BCUT2D eigenvalue weighted by molar-refractivity contribution is -0.144. The molecule has 0 aromatic heterocycles. The molecule has 0 aliphatic heterocycles. The van der Waals surface area contributed by atoms with Gasteiger partial charge in [-0.05, 0) is 60.2 Å². The number of Topliss-reactive ketones (excluding diaryl/α,β-unsaturated/α-hetero) is 2. The summed E-state index contributed by atoms with van der Waals surface area (Å²) in [6.07, 6.45) is -3.29. The largest absolute Gasteiger partial charge is 0.508 e. The molecule has 19 nitrogen and oxygen atoms in total. The van der Waals surface area contributed by atoms with Crippen molar-refractivity contribution in [3.63, 3.8) is 0 Å². The highest BCUT2D eigenvalue weighted by atomic mass is 32.3. The maximum Gasteiger partial charge on any atom is 0.446 e. The quantitative estimate of drug-likeness (QED) is 0.0401. The number of primary amides is 1. The third kappa shape index (κ3) is 17.8. The summed E-state index contributed by atoms with van der Waals surface area (Å²) in [5.41, 5.74) is 7.17. The molecule has 0 bridgehead atoms. The third-order valence-electron chi connectivity index (χ3n) is 9.18. The first-order valence-corrected chi connectivity index (χ1v) is 20.6. The van der Waals surface area contributed by atoms with Crippen molar-refractivity contribution in [3.05, 3.63) is 95.6 Å². The zero-order valence-electron chi connectivity index (χ0n) is 32.5. The number of phenols is 1. The van der Waals surface area contributed by atoms with Crippen LogP contribution in [0, 0.1) is 11.8 Å². The number of hydrogen-bond acceptors (Lipinski definition) is 13. The van der Waals surface area contributed by atoms with Crippen molar-refractivity contribution >= 4 is 70.2 Å². The van der Waals surface area contributed by atoms with Crippen LogP contribution in [0.5, 0.6) is 11.5 Å². The predicted octanol–water partition coefficient (Wildman–Crippen LogP) is 0.962. The van der Waals surface area contributed by atoms with Crippen LogP contribution >= 0.6 is 12.6 Å². The topological polar surface area (TPSA) is 323 Å². The highest BCUT2D eigenvalue weighted by Crippen LogP contribution is 2.20. The minimum absolute atomic E-state index is 0.0268. The van der Waals surface area contributed by atoms with Crippen LogP contribution in [0.4, 0.5) is 0 Å². The van der Waals surface area contributed by atoms with E-state index in [1.807, 2.05) is 0 Å². The fraction of sp³-hybridized carbons (Fsp3) is 0.350. The van der Waals surface area contributed by atoms with E-state index in [0.717, 1.165) is 12.1 Å². The zero-order valence-corrected chi connectivity index (χ0v) is 34.2. The number of rotatable bonds is 26. The number of aromatic hydroxyl groups is 1. The number of carbonyl (C=O) groups is 8. The maximum atomic E-state index is 13.8. The van der Waals surface area contributed by atoms with E-state index in [-0.39, 0.29) is 36.5 Å². The molecule has 0 radical (unpaired) electrons. The average Bonchev–Trinajstić information content (AvgIpc) is 3.19. The molecule has 5 atom stereocenters. The van der Waals surface area contributed by atoms with Crippen LogP contribution in [0.3, 0.4) is 0 Å². The van der Waals surface area contributed by atoms with E-state index in [1.165, 1.54) is 36.4 Å². The zero-order chi connectivity index (χ0) is 45.3. The first-order valence-electron chi connectivity index (χ1n) is 18.6. The molecule has 21 heteroatoms. The molecule has 0 aliphatic rings. The standard InChI is InChI=1S/C40H46N4O15S2/c41-38(52)26(16-23-4-2-1-3-5-23)19-33(46)30(18-25-8-12-29(13-9-25)59-61(56,57)58)44-39(53)31(21-37(50)51)42-35(48)14-15-36(49)43-32(22-60)34(47)20-27(40(54)55)17-24-6-10-28(45)11-7-24/h1-13,26-27,30-32,45,60H,14-22H2,(H2,41,52)(H,42,48)(H,43,49)(H,44,53)(H,50,51)(H,54,55)(H,56,57,58)/t26-,27-,30+,31+,32+/m1/s1. The Morgan fingerprint density at radius 2 is 1.13 bits per heavy atom. The van der Waals surface area contributed by atoms with E-state index in [1.54, 1.807) is 30.3 Å². The number of nitrogens with one attached hydrogen (secondary N) is 3. The Kier molecular flexibility index (Phi) is 18.9. The van der Waals surface area contributed by atoms with Crippen molar-refractivity contribution in [2.45, 2.75) is 69.5 Å². The van der Waals surface area contributed by atoms with Gasteiger partial charge in [-0.3, -0.25) is 42.9 Å². The number of thiol groups is 1. The van der Waals surface area contributed by atoms with Gasteiger partial charge in [-0.25, -0.2) is 0 Å². The molecule has 0 fully saturated rings. The number of phenolic OH excluding ortho intramolecular Hbond substituents is 1. The fourth-order valence-electron chi connectivity index (χ4n) is 6.03. The van der Waals surface area contributed by atoms with Gasteiger partial charge in [0.15, 0.2) is 11.6 Å². The summed E-state index contributed by atoms with van der Waals surface area (Å²) < 4.78 is 35.6. The number of carboxylic acid groups (broad SMARTS) is 2. The number of carbonyl (C=O) groups excluding carboxylic acids is 6. The Balaban J connectivity index is 1.70. The molecule has 0 aliphatic carbocycles. The van der Waals surface area contributed by atoms with Gasteiger partial charge in [0.2, 0.25) is 23.6 Å². The molecule has 0 saturated carbocycles. The van der Waals surface area contributed by atoms with Gasteiger partial charge in [-0.1, -0.05) is 54.6 Å². The summed E-state index contributed by atoms with van der Waals surface area (Å²) in [7, 11) is -4.86. The number of nitrogens with two attached hydrogens (primary N) is 1. The third-order valence-corrected chi connectivity index (χ3v) is 9.94. The second-order valence-corrected chi connectivity index (χ2v) is 15.4. The SMILES string of the molecule is NC(=O)[C@@H](CC(=O)[C@H](Cc1ccc(OS(=O)(=O)O)cc1)NC(=O)[C@H](CC(=O)O)NC(=O)CCC(=O)N[C@@H](CS)C(=O)C[C@@H](Cc1ccc(O)cc1)C(=O)O)Cc1ccccc1. The minimum Gasteiger partial charge on any atom is -0.508 e. The summed E-state index contributed by atoms with van der Waals surface area (Å²) >= 11 is 4.09. The average molecular weight is 887 g/mol. The summed E-state index contributed by atoms with van der Waals surface area (Å²) in [5, 5.41) is 35.8. The second kappa shape index (κ2) is 23.5. The fourth-order valence-corrected chi connectivity index (χ4v) is 6.68. The Labute approximate surface area is 355 Å². The van der Waals surface area contributed by atoms with Gasteiger partial charge in [0.25, 0.3) is 0 Å². The monoisotopic (exact) mass is 886 g/mol. The van der Waals surface area contributed by atoms with Crippen molar-refractivity contribution in [2.24, 2.45) is 17.6 Å². The highest BCUT2D eigenvalue weighted by molar-refractivity contribution is 7.81. The molecule has 328 valence electrons. The second-order valence-electron chi connectivity index (χ2n) is 14.0. The molecule has 3 aromatic carbocycles. The highest BCUT2D eigenvalue weighted by Gasteiger charge is 2.32. The lowest BCUT2D eigenvalue weighted by Gasteiger charge is -2.24. The van der Waals surface area contributed by atoms with Crippen molar-refractivity contribution in [2.75, 3.05) is 5.75 Å². The predicted molar refractivity (Wildman–Crippen MR) is 218 cm³/mol. The molecule has 9 N–H and O–H groups in total. The lowest BCUT2D eigenvalue weighted by Crippen LogP contribution is -2.53. The molecule has 0 heterocycles. The van der Waals surface area contributed by atoms with Gasteiger partial charge in [-0.15, -0.1) is 0 Å². The van der Waals surface area contributed by atoms with Crippen LogP contribution < -0.4 is 25.9 Å². The first kappa shape index (κ1) is 49.0. The number of carboxylic acids is 2. The molecule has 4 amide bonds. The summed E-state index contributed by atoms with van der Waals surface area (Å²) in [6.45, 7) is 0. The number of hydrogen-bond donors (Lipinski definition) is 9. The van der Waals surface area contributed by atoms with Gasteiger partial charge in [0.1, 0.15) is 17.5 Å². The molecule has 0 unspecified atom stereocenters. The Hall–Kier alpha value is -6.32. The number of ketones is 2. The van der Waals surface area contributed by atoms with Gasteiger partial charge >= 0.3 is 22.3 Å². The van der Waals surface area contributed by atoms with E-state index in [2.05, 4.69) is 32.8 Å². The van der Waals surface area contributed by atoms with E-state index in [0.29, 0.717) is 16.7 Å². The summed E-state index contributed by atoms with van der Waals surface area (Å²) in [4.78, 5) is 102. The number of amides is 4. The Bertz CT molecular complexity index is 2150. The molecular weight excluding hydrogens is 841 g/mol. The number of benzene rings is 3. The van der Waals surface area contributed by atoms with Crippen LogP contribution in [0.1, 0.15) is 48.8 Å².